The second-order valence-electron chi connectivity index (χ2n) is 7.59. The highest BCUT2D eigenvalue weighted by Crippen LogP contribution is 2.29. The zero-order chi connectivity index (χ0) is 22.1. The summed E-state index contributed by atoms with van der Waals surface area (Å²) >= 11 is 1.42. The second kappa shape index (κ2) is 8.52. The van der Waals surface area contributed by atoms with Crippen molar-refractivity contribution in [1.82, 2.24) is 29.7 Å². The predicted molar refractivity (Wildman–Crippen MR) is 121 cm³/mol. The Bertz CT molecular complexity index is 1250. The zero-order valence-corrected chi connectivity index (χ0v) is 18.1. The second-order valence-corrected chi connectivity index (χ2v) is 8.63. The van der Waals surface area contributed by atoms with Crippen LogP contribution in [-0.4, -0.2) is 60.0 Å². The van der Waals surface area contributed by atoms with E-state index in [0.717, 1.165) is 16.1 Å². The number of hydrogen-bond donors (Lipinski definition) is 4. The van der Waals surface area contributed by atoms with Gasteiger partial charge in [0.1, 0.15) is 5.52 Å². The molecular formula is C21H22N8O2S. The van der Waals surface area contributed by atoms with E-state index < -0.39 is 6.10 Å². The van der Waals surface area contributed by atoms with Crippen LogP contribution in [0.1, 0.15) is 12.1 Å². The molecule has 4 heterocycles. The lowest BCUT2D eigenvalue weighted by Crippen LogP contribution is -2.33. The molecular weight excluding hydrogens is 428 g/mol. The van der Waals surface area contributed by atoms with E-state index in [1.54, 1.807) is 9.42 Å². The van der Waals surface area contributed by atoms with Crippen LogP contribution in [-0.2, 0) is 0 Å². The summed E-state index contributed by atoms with van der Waals surface area (Å²) in [6.45, 7) is 2.87. The average molecular weight is 451 g/mol. The van der Waals surface area contributed by atoms with Gasteiger partial charge in [0.2, 0.25) is 5.16 Å². The normalized spacial score (nSPS) is 15.9. The van der Waals surface area contributed by atoms with Crippen LogP contribution in [0.5, 0.6) is 0 Å². The number of aromatic amines is 1. The van der Waals surface area contributed by atoms with E-state index in [1.165, 1.54) is 11.8 Å². The van der Waals surface area contributed by atoms with E-state index >= 15 is 0 Å². The van der Waals surface area contributed by atoms with Gasteiger partial charge in [0.05, 0.1) is 6.10 Å². The number of anilines is 3. The highest BCUT2D eigenvalue weighted by atomic mass is 32.2. The van der Waals surface area contributed by atoms with E-state index in [0.29, 0.717) is 42.0 Å². The smallest absolute Gasteiger partial charge is 0.321 e. The fourth-order valence-electron chi connectivity index (χ4n) is 3.49. The van der Waals surface area contributed by atoms with Gasteiger partial charge in [-0.1, -0.05) is 0 Å². The number of β-amino-alcohol motifs (C(OH)–C–C–N with tert-alkyl or cyclic N) is 1. The SMILES string of the molecule is Cc1cc(Nc2nc(Sc3ccc(NC(=O)N4CC[C@@H](O)C4)cc3)nn3cccc23)n[nH]1. The first-order valence-corrected chi connectivity index (χ1v) is 11.0. The predicted octanol–water partition coefficient (Wildman–Crippen LogP) is 3.25. The van der Waals surface area contributed by atoms with Gasteiger partial charge in [-0.15, -0.1) is 5.10 Å². The number of carbonyl (C=O) groups excluding carboxylic acids is 1. The van der Waals surface area contributed by atoms with Crippen LogP contribution in [0.4, 0.5) is 22.1 Å². The van der Waals surface area contributed by atoms with E-state index in [-0.39, 0.29) is 6.03 Å². The molecule has 164 valence electrons. The van der Waals surface area contributed by atoms with Gasteiger partial charge in [0, 0.05) is 41.6 Å². The lowest BCUT2D eigenvalue weighted by atomic mass is 10.3. The molecule has 0 unspecified atom stereocenters. The molecule has 1 saturated heterocycles. The fourth-order valence-corrected chi connectivity index (χ4v) is 4.24. The molecule has 0 spiro atoms. The van der Waals surface area contributed by atoms with E-state index in [4.69, 9.17) is 0 Å². The average Bonchev–Trinajstić information content (AvgIpc) is 3.51. The number of aliphatic hydroxyl groups is 1. The van der Waals surface area contributed by atoms with Gasteiger partial charge in [-0.05, 0) is 61.5 Å². The molecule has 0 aliphatic carbocycles. The molecule has 10 nitrogen and oxygen atoms in total. The molecule has 1 atom stereocenters. The van der Waals surface area contributed by atoms with Crippen molar-refractivity contribution in [2.75, 3.05) is 23.7 Å². The summed E-state index contributed by atoms with van der Waals surface area (Å²) in [4.78, 5) is 19.5. The number of rotatable bonds is 5. The summed E-state index contributed by atoms with van der Waals surface area (Å²) in [7, 11) is 0. The molecule has 0 radical (unpaired) electrons. The Morgan fingerprint density at radius 1 is 1.28 bits per heavy atom. The van der Waals surface area contributed by atoms with Crippen molar-refractivity contribution in [2.24, 2.45) is 0 Å². The minimum absolute atomic E-state index is 0.201. The summed E-state index contributed by atoms with van der Waals surface area (Å²) < 4.78 is 1.77. The van der Waals surface area contributed by atoms with Gasteiger partial charge in [-0.3, -0.25) is 5.10 Å². The number of likely N-dealkylation sites (tertiary alicyclic amines) is 1. The standard InChI is InChI=1S/C21H22N8O2S/c1-13-11-18(26-25-13)23-19-17-3-2-9-29(17)27-20(24-19)32-16-6-4-14(5-7-16)22-21(31)28-10-8-15(30)12-28/h2-7,9,11,15,30H,8,10,12H2,1H3,(H,22,31)(H2,23,24,25,26,27)/t15-/m1/s1. The Labute approximate surface area is 188 Å². The largest absolute Gasteiger partial charge is 0.391 e. The van der Waals surface area contributed by atoms with Crippen molar-refractivity contribution in [3.63, 3.8) is 0 Å². The third-order valence-corrected chi connectivity index (χ3v) is 5.95. The van der Waals surface area contributed by atoms with Crippen molar-refractivity contribution >= 4 is 40.6 Å². The lowest BCUT2D eigenvalue weighted by molar-refractivity contribution is 0.176. The number of H-pyrrole nitrogens is 1. The first-order chi connectivity index (χ1) is 15.5. The van der Waals surface area contributed by atoms with Crippen molar-refractivity contribution in [2.45, 2.75) is 29.5 Å². The quantitative estimate of drug-likeness (QED) is 0.368. The number of aromatic nitrogens is 5. The maximum absolute atomic E-state index is 12.3. The number of nitrogens with zero attached hydrogens (tertiary/aromatic N) is 5. The maximum atomic E-state index is 12.3. The molecule has 2 amide bonds. The van der Waals surface area contributed by atoms with Crippen LogP contribution in [0.15, 0.2) is 58.7 Å². The monoisotopic (exact) mass is 450 g/mol. The highest BCUT2D eigenvalue weighted by molar-refractivity contribution is 7.99. The van der Waals surface area contributed by atoms with Gasteiger partial charge >= 0.3 is 6.03 Å². The van der Waals surface area contributed by atoms with Crippen molar-refractivity contribution in [3.05, 3.63) is 54.4 Å². The molecule has 3 aromatic heterocycles. The van der Waals surface area contributed by atoms with Crippen molar-refractivity contribution in [1.29, 1.82) is 0 Å². The molecule has 0 saturated carbocycles. The van der Waals surface area contributed by atoms with Gasteiger partial charge in [0.15, 0.2) is 11.6 Å². The maximum Gasteiger partial charge on any atom is 0.321 e. The molecule has 0 bridgehead atoms. The van der Waals surface area contributed by atoms with Crippen LogP contribution in [0.2, 0.25) is 0 Å². The van der Waals surface area contributed by atoms with Crippen LogP contribution in [0.3, 0.4) is 0 Å². The van der Waals surface area contributed by atoms with E-state index in [1.807, 2.05) is 55.6 Å². The summed E-state index contributed by atoms with van der Waals surface area (Å²) in [5.41, 5.74) is 2.49. The van der Waals surface area contributed by atoms with Gasteiger partial charge < -0.3 is 20.6 Å². The number of nitrogens with one attached hydrogen (secondary N) is 3. The lowest BCUT2D eigenvalue weighted by Gasteiger charge is -2.16. The Kier molecular flexibility index (Phi) is 5.41. The van der Waals surface area contributed by atoms with Crippen LogP contribution >= 0.6 is 11.8 Å². The zero-order valence-electron chi connectivity index (χ0n) is 17.3. The Morgan fingerprint density at radius 2 is 2.12 bits per heavy atom. The molecule has 5 rings (SSSR count). The molecule has 1 fully saturated rings. The van der Waals surface area contributed by atoms with Crippen LogP contribution < -0.4 is 10.6 Å². The molecule has 4 N–H and O–H groups in total. The summed E-state index contributed by atoms with van der Waals surface area (Å²) in [6, 6.07) is 13.1. The van der Waals surface area contributed by atoms with Crippen LogP contribution in [0.25, 0.3) is 5.52 Å². The Balaban J connectivity index is 1.30. The highest BCUT2D eigenvalue weighted by Gasteiger charge is 2.24. The van der Waals surface area contributed by atoms with Crippen molar-refractivity contribution in [3.8, 4) is 0 Å². The molecule has 1 aliphatic heterocycles. The summed E-state index contributed by atoms with van der Waals surface area (Å²) in [6.07, 6.45) is 2.05. The molecule has 1 aromatic carbocycles. The number of urea groups is 1. The third kappa shape index (κ3) is 4.39. The van der Waals surface area contributed by atoms with Crippen molar-refractivity contribution < 1.29 is 9.90 Å². The minimum Gasteiger partial charge on any atom is -0.391 e. The van der Waals surface area contributed by atoms with Crippen LogP contribution in [0, 0.1) is 6.92 Å². The Hall–Kier alpha value is -3.57. The molecule has 11 heteroatoms. The van der Waals surface area contributed by atoms with Gasteiger partial charge in [-0.2, -0.15) is 5.10 Å². The third-order valence-electron chi connectivity index (χ3n) is 5.09. The first-order valence-electron chi connectivity index (χ1n) is 10.2. The van der Waals surface area contributed by atoms with Gasteiger partial charge in [0.25, 0.3) is 0 Å². The molecule has 32 heavy (non-hydrogen) atoms. The number of benzene rings is 1. The molecule has 1 aliphatic rings. The van der Waals surface area contributed by atoms with E-state index in [2.05, 4.69) is 30.9 Å². The number of amides is 2. The molecule has 4 aromatic rings. The fraction of sp³-hybridized carbons (Fsp3) is 0.238. The van der Waals surface area contributed by atoms with E-state index in [9.17, 15) is 9.90 Å². The van der Waals surface area contributed by atoms with Gasteiger partial charge in [-0.25, -0.2) is 14.3 Å². The topological polar surface area (TPSA) is 123 Å². The Morgan fingerprint density at radius 3 is 2.84 bits per heavy atom. The number of hydrogen-bond acceptors (Lipinski definition) is 7. The number of aliphatic hydroxyl groups excluding tert-OH is 1. The number of fused-ring (bicyclic) bond motifs is 1. The number of aryl methyl sites for hydroxylation is 1. The minimum atomic E-state index is -0.436. The number of carbonyl (C=O) groups is 1. The summed E-state index contributed by atoms with van der Waals surface area (Å²) in [5.74, 6) is 1.35. The first kappa shape index (κ1) is 20.3. The summed E-state index contributed by atoms with van der Waals surface area (Å²) in [5, 5.41) is 28.0.